The number of nitrogens with one attached hydrogen (secondary N) is 1. The molecule has 1 N–H and O–H groups in total. The molecule has 2 heterocycles. The highest BCUT2D eigenvalue weighted by atomic mass is 32.2. The molecule has 2 aromatic rings. The van der Waals surface area contributed by atoms with Crippen LogP contribution < -0.4 is 18.9 Å². The molecule has 2 aliphatic rings. The number of amidine groups is 2. The monoisotopic (exact) mass is 494 g/mol. The van der Waals surface area contributed by atoms with Crippen LogP contribution in [0.3, 0.4) is 0 Å². The number of hydrogen-bond donors (Lipinski definition) is 1. The molecule has 2 aromatic carbocycles. The molecule has 10 heteroatoms. The number of amides is 1. The number of benzene rings is 2. The van der Waals surface area contributed by atoms with Gasteiger partial charge in [-0.25, -0.2) is 0 Å². The lowest BCUT2D eigenvalue weighted by Crippen LogP contribution is -2.35. The van der Waals surface area contributed by atoms with E-state index in [9.17, 15) is 4.79 Å². The first-order chi connectivity index (χ1) is 17.0. The number of aliphatic imine (C=N–C) groups is 1. The van der Waals surface area contributed by atoms with Crippen molar-refractivity contribution in [2.75, 3.05) is 27.4 Å². The van der Waals surface area contributed by atoms with Gasteiger partial charge < -0.3 is 18.9 Å². The quantitative estimate of drug-likeness (QED) is 0.381. The van der Waals surface area contributed by atoms with E-state index in [1.165, 1.54) is 16.8 Å². The highest BCUT2D eigenvalue weighted by Crippen LogP contribution is 2.32. The molecule has 0 unspecified atom stereocenters. The molecule has 0 saturated heterocycles. The molecule has 2 aliphatic heterocycles. The highest BCUT2D eigenvalue weighted by Gasteiger charge is 2.35. The number of nitrogens with zero attached hydrogens (tertiary/aromatic N) is 3. The topological polar surface area (TPSA) is 106 Å². The van der Waals surface area contributed by atoms with Crippen molar-refractivity contribution in [1.29, 1.82) is 5.41 Å². The van der Waals surface area contributed by atoms with E-state index >= 15 is 0 Å². The third kappa shape index (κ3) is 5.48. The van der Waals surface area contributed by atoms with E-state index in [2.05, 4.69) is 17.0 Å². The van der Waals surface area contributed by atoms with Crippen LogP contribution in [-0.2, 0) is 4.79 Å². The van der Waals surface area contributed by atoms with Crippen LogP contribution in [-0.4, -0.2) is 54.4 Å². The number of hydrazone groups is 1. The van der Waals surface area contributed by atoms with Crippen molar-refractivity contribution >= 4 is 39.8 Å². The smallest absolute Gasteiger partial charge is 0.283 e. The van der Waals surface area contributed by atoms with E-state index in [1.807, 2.05) is 24.3 Å². The van der Waals surface area contributed by atoms with Crippen LogP contribution in [0.25, 0.3) is 6.08 Å². The summed E-state index contributed by atoms with van der Waals surface area (Å²) < 4.78 is 22.3. The summed E-state index contributed by atoms with van der Waals surface area (Å²) >= 11 is 1.34. The van der Waals surface area contributed by atoms with Crippen LogP contribution in [0.15, 0.2) is 58.1 Å². The molecule has 1 amide bonds. The van der Waals surface area contributed by atoms with E-state index in [-0.39, 0.29) is 11.4 Å². The Kier molecular flexibility index (Phi) is 7.71. The number of ether oxygens (including phenoxy) is 4. The second-order valence-corrected chi connectivity index (χ2v) is 8.56. The van der Waals surface area contributed by atoms with Crippen molar-refractivity contribution in [2.24, 2.45) is 10.1 Å². The number of carbonyl (C=O) groups is 1. The molecule has 35 heavy (non-hydrogen) atoms. The van der Waals surface area contributed by atoms with Crippen LogP contribution in [0.4, 0.5) is 0 Å². The third-order valence-electron chi connectivity index (χ3n) is 5.13. The van der Waals surface area contributed by atoms with Gasteiger partial charge in [0.15, 0.2) is 28.8 Å². The van der Waals surface area contributed by atoms with Crippen molar-refractivity contribution in [3.63, 3.8) is 0 Å². The standard InChI is InChI=1S/C25H26N4O5S/c1-4-7-22-28-29-23(26)17(24(30)27-25(29)35-22)14-16-10-11-20(21(15-16)32-3)34-13-12-33-19-9-6-5-8-18(19)31-2/h5-6,8-11,14-15,26H,4,7,12-13H2,1-3H3. The first-order valence-electron chi connectivity index (χ1n) is 11.1. The zero-order valence-electron chi connectivity index (χ0n) is 19.7. The molecule has 182 valence electrons. The Morgan fingerprint density at radius 1 is 1.00 bits per heavy atom. The summed E-state index contributed by atoms with van der Waals surface area (Å²) in [5, 5.41) is 15.6. The number of carbonyl (C=O) groups excluding carboxylic acids is 1. The van der Waals surface area contributed by atoms with Crippen molar-refractivity contribution < 1.29 is 23.7 Å². The van der Waals surface area contributed by atoms with E-state index < -0.39 is 5.91 Å². The third-order valence-corrected chi connectivity index (χ3v) is 6.09. The molecular formula is C25H26N4O5S. The minimum absolute atomic E-state index is 0.00591. The summed E-state index contributed by atoms with van der Waals surface area (Å²) in [7, 11) is 3.13. The maximum absolute atomic E-state index is 12.6. The molecule has 4 rings (SSSR count). The number of fused-ring (bicyclic) bond motifs is 1. The van der Waals surface area contributed by atoms with Gasteiger partial charge in [-0.3, -0.25) is 10.2 Å². The van der Waals surface area contributed by atoms with Crippen molar-refractivity contribution in [3.05, 3.63) is 53.6 Å². The van der Waals surface area contributed by atoms with Gasteiger partial charge in [-0.05, 0) is 60.5 Å². The molecule has 9 nitrogen and oxygen atoms in total. The Hall–Kier alpha value is -3.79. The summed E-state index contributed by atoms with van der Waals surface area (Å²) in [4.78, 5) is 16.7. The molecular weight excluding hydrogens is 468 g/mol. The maximum atomic E-state index is 12.6. The van der Waals surface area contributed by atoms with Gasteiger partial charge in [0.1, 0.15) is 18.3 Å². The largest absolute Gasteiger partial charge is 0.493 e. The van der Waals surface area contributed by atoms with Crippen molar-refractivity contribution in [1.82, 2.24) is 5.01 Å². The minimum Gasteiger partial charge on any atom is -0.493 e. The van der Waals surface area contributed by atoms with E-state index in [4.69, 9.17) is 24.4 Å². The predicted molar refractivity (Wildman–Crippen MR) is 137 cm³/mol. The van der Waals surface area contributed by atoms with E-state index in [0.29, 0.717) is 46.9 Å². The van der Waals surface area contributed by atoms with Crippen LogP contribution in [0, 0.1) is 5.41 Å². The second kappa shape index (κ2) is 11.1. The molecule has 0 fully saturated rings. The average molecular weight is 495 g/mol. The minimum atomic E-state index is -0.463. The Labute approximate surface area is 207 Å². The fourth-order valence-corrected chi connectivity index (χ4v) is 4.43. The van der Waals surface area contributed by atoms with Crippen LogP contribution in [0.5, 0.6) is 23.0 Å². The van der Waals surface area contributed by atoms with Gasteiger partial charge in [0.05, 0.1) is 19.8 Å². The summed E-state index contributed by atoms with van der Waals surface area (Å²) in [6.07, 6.45) is 3.32. The number of thioether (sulfide) groups is 1. The first-order valence-corrected chi connectivity index (χ1v) is 11.9. The van der Waals surface area contributed by atoms with Gasteiger partial charge >= 0.3 is 0 Å². The molecule has 0 aromatic heterocycles. The second-order valence-electron chi connectivity index (χ2n) is 7.52. The molecule has 0 aliphatic carbocycles. The number of para-hydroxylation sites is 2. The van der Waals surface area contributed by atoms with Crippen LogP contribution >= 0.6 is 11.8 Å². The maximum Gasteiger partial charge on any atom is 0.283 e. The van der Waals surface area contributed by atoms with Gasteiger partial charge in [0.2, 0.25) is 5.17 Å². The normalized spacial score (nSPS) is 16.1. The number of rotatable bonds is 10. The Bertz CT molecular complexity index is 1220. The first kappa shape index (κ1) is 24.3. The van der Waals surface area contributed by atoms with Gasteiger partial charge in [-0.1, -0.05) is 25.1 Å². The van der Waals surface area contributed by atoms with Crippen LogP contribution in [0.1, 0.15) is 25.3 Å². The van der Waals surface area contributed by atoms with E-state index in [0.717, 1.165) is 17.9 Å². The van der Waals surface area contributed by atoms with E-state index in [1.54, 1.807) is 38.5 Å². The van der Waals surface area contributed by atoms with Gasteiger partial charge in [0, 0.05) is 0 Å². The Balaban J connectivity index is 1.43. The van der Waals surface area contributed by atoms with Gasteiger partial charge in [0.25, 0.3) is 5.91 Å². The Morgan fingerprint density at radius 3 is 2.37 bits per heavy atom. The summed E-state index contributed by atoms with van der Waals surface area (Å²) in [5.74, 6) is 1.87. The van der Waals surface area contributed by atoms with Crippen molar-refractivity contribution in [2.45, 2.75) is 19.8 Å². The predicted octanol–water partition coefficient (Wildman–Crippen LogP) is 4.58. The zero-order chi connectivity index (χ0) is 24.8. The average Bonchev–Trinajstić information content (AvgIpc) is 3.27. The number of hydrogen-bond acceptors (Lipinski definition) is 8. The fraction of sp³-hybridized carbons (Fsp3) is 0.280. The van der Waals surface area contributed by atoms with Crippen molar-refractivity contribution in [3.8, 4) is 23.0 Å². The summed E-state index contributed by atoms with van der Waals surface area (Å²) in [5.41, 5.74) is 0.840. The summed E-state index contributed by atoms with van der Waals surface area (Å²) in [6, 6.07) is 12.7. The molecule has 0 saturated carbocycles. The van der Waals surface area contributed by atoms with Gasteiger partial charge in [-0.15, -0.1) is 0 Å². The van der Waals surface area contributed by atoms with Gasteiger partial charge in [-0.2, -0.15) is 15.1 Å². The molecule has 0 spiro atoms. The van der Waals surface area contributed by atoms with Crippen LogP contribution in [0.2, 0.25) is 0 Å². The fourth-order valence-electron chi connectivity index (χ4n) is 3.45. The molecule has 0 bridgehead atoms. The SMILES string of the molecule is CCCC1=NN2C(=N)C(=Cc3ccc(OCCOc4ccccc4OC)c(OC)c3)C(=O)N=C2S1. The highest BCUT2D eigenvalue weighted by molar-refractivity contribution is 8.26. The lowest BCUT2D eigenvalue weighted by Gasteiger charge is -2.20. The lowest BCUT2D eigenvalue weighted by atomic mass is 10.1. The number of methoxy groups -OCH3 is 2. The molecule has 0 atom stereocenters. The zero-order valence-corrected chi connectivity index (χ0v) is 20.6. The lowest BCUT2D eigenvalue weighted by molar-refractivity contribution is -0.114. The Morgan fingerprint density at radius 2 is 1.69 bits per heavy atom. The molecule has 0 radical (unpaired) electrons. The summed E-state index contributed by atoms with van der Waals surface area (Å²) in [6.45, 7) is 2.66.